The molecule has 29 heavy (non-hydrogen) atoms. The summed E-state index contributed by atoms with van der Waals surface area (Å²) in [7, 11) is 0. The molecule has 1 fully saturated rings. The fourth-order valence-corrected chi connectivity index (χ4v) is 3.44. The predicted molar refractivity (Wildman–Crippen MR) is 105 cm³/mol. The van der Waals surface area contributed by atoms with Crippen molar-refractivity contribution >= 4 is 12.0 Å². The molecule has 156 valence electrons. The molecule has 5 nitrogen and oxygen atoms in total. The van der Waals surface area contributed by atoms with E-state index in [9.17, 15) is 18.0 Å². The van der Waals surface area contributed by atoms with Gasteiger partial charge in [0.2, 0.25) is 5.91 Å². The van der Waals surface area contributed by atoms with Gasteiger partial charge in [0.25, 0.3) is 0 Å². The largest absolute Gasteiger partial charge is 0.416 e. The first kappa shape index (κ1) is 21.1. The molecule has 0 aliphatic carbocycles. The average Bonchev–Trinajstić information content (AvgIpc) is 3.06. The monoisotopic (exact) mass is 406 g/mol. The van der Waals surface area contributed by atoms with Crippen LogP contribution in [0.2, 0.25) is 0 Å². The van der Waals surface area contributed by atoms with Crippen LogP contribution in [0.5, 0.6) is 0 Å². The number of hydrogen-bond acceptors (Lipinski definition) is 3. The molecule has 0 unspecified atom stereocenters. The van der Waals surface area contributed by atoms with Gasteiger partial charge in [-0.05, 0) is 31.6 Å². The van der Waals surface area contributed by atoms with Crippen LogP contribution in [0, 0.1) is 6.92 Å². The molecule has 3 rings (SSSR count). The van der Waals surface area contributed by atoms with Crippen LogP contribution < -0.4 is 0 Å². The number of carbonyl (C=O) groups excluding carboxylic acids is 1. The molecule has 0 saturated carbocycles. The Hall–Kier alpha value is -2.61. The predicted octanol–water partition coefficient (Wildman–Crippen LogP) is 3.59. The standard InChI is InChI=1S/C21H25F3N4O/c1-3-28-16(2)18(14-25-28)7-8-20(29)27-11-9-26(10-12-27)15-17-5-4-6-19(13-17)21(22,23)24/h4-8,13-14H,3,9-12,15H2,1-2H3/b8-7+. The number of nitrogens with zero attached hydrogens (tertiary/aromatic N) is 4. The van der Waals surface area contributed by atoms with Crippen LogP contribution in [0.15, 0.2) is 36.5 Å². The zero-order chi connectivity index (χ0) is 21.0. The summed E-state index contributed by atoms with van der Waals surface area (Å²) in [5.41, 5.74) is 1.93. The molecule has 8 heteroatoms. The van der Waals surface area contributed by atoms with E-state index in [-0.39, 0.29) is 5.91 Å². The number of piperazine rings is 1. The Labute approximate surface area is 168 Å². The van der Waals surface area contributed by atoms with E-state index in [2.05, 4.69) is 10.00 Å². The second kappa shape index (κ2) is 8.82. The first-order valence-electron chi connectivity index (χ1n) is 9.66. The van der Waals surface area contributed by atoms with Crippen molar-refractivity contribution in [3.8, 4) is 0 Å². The average molecular weight is 406 g/mol. The SMILES string of the molecule is CCn1ncc(/C=C/C(=O)N2CCN(Cc3cccc(C(F)(F)F)c3)CC2)c1C. The third kappa shape index (κ3) is 5.26. The fraction of sp³-hybridized carbons (Fsp3) is 0.429. The summed E-state index contributed by atoms with van der Waals surface area (Å²) in [4.78, 5) is 16.3. The summed E-state index contributed by atoms with van der Waals surface area (Å²) >= 11 is 0. The lowest BCUT2D eigenvalue weighted by Gasteiger charge is -2.34. The Morgan fingerprint density at radius 2 is 1.93 bits per heavy atom. The molecule has 1 aromatic carbocycles. The summed E-state index contributed by atoms with van der Waals surface area (Å²) in [6.07, 6.45) is 0.757. The lowest BCUT2D eigenvalue weighted by molar-refractivity contribution is -0.137. The summed E-state index contributed by atoms with van der Waals surface area (Å²) in [5.74, 6) is -0.0626. The maximum atomic E-state index is 12.9. The van der Waals surface area contributed by atoms with Gasteiger partial charge in [-0.15, -0.1) is 0 Å². The van der Waals surface area contributed by atoms with E-state index in [1.807, 2.05) is 18.5 Å². The zero-order valence-corrected chi connectivity index (χ0v) is 16.6. The van der Waals surface area contributed by atoms with Crippen molar-refractivity contribution < 1.29 is 18.0 Å². The van der Waals surface area contributed by atoms with Crippen molar-refractivity contribution in [2.45, 2.75) is 33.1 Å². The normalized spacial score (nSPS) is 16.0. The van der Waals surface area contributed by atoms with Crippen LogP contribution in [0.25, 0.3) is 6.08 Å². The Morgan fingerprint density at radius 3 is 2.55 bits per heavy atom. The number of aryl methyl sites for hydroxylation is 1. The van der Waals surface area contributed by atoms with Gasteiger partial charge in [-0.1, -0.05) is 18.2 Å². The first-order chi connectivity index (χ1) is 13.8. The molecular formula is C21H25F3N4O. The van der Waals surface area contributed by atoms with Crippen molar-refractivity contribution in [1.29, 1.82) is 0 Å². The van der Waals surface area contributed by atoms with E-state index >= 15 is 0 Å². The second-order valence-electron chi connectivity index (χ2n) is 7.13. The van der Waals surface area contributed by atoms with E-state index in [1.54, 1.807) is 29.3 Å². The number of halogens is 3. The highest BCUT2D eigenvalue weighted by atomic mass is 19.4. The highest BCUT2D eigenvalue weighted by molar-refractivity contribution is 5.92. The minimum Gasteiger partial charge on any atom is -0.337 e. The number of carbonyl (C=O) groups is 1. The van der Waals surface area contributed by atoms with Crippen LogP contribution in [-0.4, -0.2) is 51.7 Å². The minimum atomic E-state index is -4.33. The van der Waals surface area contributed by atoms with Gasteiger partial charge in [0.05, 0.1) is 11.8 Å². The van der Waals surface area contributed by atoms with E-state index in [1.165, 1.54) is 12.1 Å². The van der Waals surface area contributed by atoms with Crippen LogP contribution >= 0.6 is 0 Å². The smallest absolute Gasteiger partial charge is 0.337 e. The Bertz CT molecular complexity index is 880. The number of hydrogen-bond donors (Lipinski definition) is 0. The topological polar surface area (TPSA) is 41.4 Å². The maximum absolute atomic E-state index is 12.9. The van der Waals surface area contributed by atoms with Crippen molar-refractivity contribution in [2.24, 2.45) is 0 Å². The summed E-state index contributed by atoms with van der Waals surface area (Å²) in [6, 6.07) is 5.41. The van der Waals surface area contributed by atoms with Gasteiger partial charge < -0.3 is 4.90 Å². The van der Waals surface area contributed by atoms with Crippen molar-refractivity contribution in [1.82, 2.24) is 19.6 Å². The summed E-state index contributed by atoms with van der Waals surface area (Å²) in [6.45, 7) is 7.55. The molecule has 2 aromatic rings. The Morgan fingerprint density at radius 1 is 1.21 bits per heavy atom. The van der Waals surface area contributed by atoms with Crippen molar-refractivity contribution in [3.05, 3.63) is 58.9 Å². The van der Waals surface area contributed by atoms with Crippen LogP contribution in [0.3, 0.4) is 0 Å². The number of aromatic nitrogens is 2. The Balaban J connectivity index is 1.53. The number of alkyl halides is 3. The third-order valence-corrected chi connectivity index (χ3v) is 5.19. The number of amides is 1. The molecule has 0 atom stereocenters. The number of benzene rings is 1. The molecule has 2 heterocycles. The molecule has 1 saturated heterocycles. The van der Waals surface area contributed by atoms with Crippen LogP contribution in [0.4, 0.5) is 13.2 Å². The minimum absolute atomic E-state index is 0.0626. The highest BCUT2D eigenvalue weighted by Gasteiger charge is 2.30. The number of rotatable bonds is 5. The quantitative estimate of drug-likeness (QED) is 0.713. The summed E-state index contributed by atoms with van der Waals surface area (Å²) in [5, 5.41) is 4.26. The Kier molecular flexibility index (Phi) is 6.42. The second-order valence-corrected chi connectivity index (χ2v) is 7.13. The van der Waals surface area contributed by atoms with Gasteiger partial charge in [-0.2, -0.15) is 18.3 Å². The van der Waals surface area contributed by atoms with Gasteiger partial charge in [-0.25, -0.2) is 0 Å². The maximum Gasteiger partial charge on any atom is 0.416 e. The van der Waals surface area contributed by atoms with E-state index < -0.39 is 11.7 Å². The fourth-order valence-electron chi connectivity index (χ4n) is 3.44. The molecule has 1 aliphatic heterocycles. The molecule has 0 N–H and O–H groups in total. The van der Waals surface area contributed by atoms with Gasteiger partial charge in [0, 0.05) is 56.6 Å². The molecule has 1 aromatic heterocycles. The summed E-state index contributed by atoms with van der Waals surface area (Å²) < 4.78 is 40.4. The molecular weight excluding hydrogens is 381 g/mol. The molecule has 1 aliphatic rings. The molecule has 0 bridgehead atoms. The van der Waals surface area contributed by atoms with Gasteiger partial charge >= 0.3 is 6.18 Å². The molecule has 0 radical (unpaired) electrons. The third-order valence-electron chi connectivity index (χ3n) is 5.19. The van der Waals surface area contributed by atoms with Gasteiger partial charge in [-0.3, -0.25) is 14.4 Å². The first-order valence-corrected chi connectivity index (χ1v) is 9.66. The molecule has 1 amide bonds. The lowest BCUT2D eigenvalue weighted by Crippen LogP contribution is -2.47. The zero-order valence-electron chi connectivity index (χ0n) is 16.6. The van der Waals surface area contributed by atoms with E-state index in [0.29, 0.717) is 38.3 Å². The van der Waals surface area contributed by atoms with Crippen molar-refractivity contribution in [2.75, 3.05) is 26.2 Å². The van der Waals surface area contributed by atoms with Crippen LogP contribution in [-0.2, 0) is 24.1 Å². The highest BCUT2D eigenvalue weighted by Crippen LogP contribution is 2.29. The molecule has 0 spiro atoms. The van der Waals surface area contributed by atoms with Crippen LogP contribution in [0.1, 0.15) is 29.3 Å². The van der Waals surface area contributed by atoms with Gasteiger partial charge in [0.15, 0.2) is 0 Å². The van der Waals surface area contributed by atoms with Gasteiger partial charge in [0.1, 0.15) is 0 Å². The van der Waals surface area contributed by atoms with E-state index in [0.717, 1.165) is 23.9 Å². The lowest BCUT2D eigenvalue weighted by atomic mass is 10.1. The van der Waals surface area contributed by atoms with Crippen molar-refractivity contribution in [3.63, 3.8) is 0 Å². The van der Waals surface area contributed by atoms with E-state index in [4.69, 9.17) is 0 Å².